The first kappa shape index (κ1) is 28.8. The molecule has 0 fully saturated rings. The van der Waals surface area contributed by atoms with Crippen LogP contribution in [0.4, 0.5) is 0 Å². The Balaban J connectivity index is 1.52. The lowest BCUT2D eigenvalue weighted by Gasteiger charge is -2.08. The first-order valence-corrected chi connectivity index (χ1v) is 11.9. The summed E-state index contributed by atoms with van der Waals surface area (Å²) < 4.78 is 0. The number of ketones is 3. The number of hydrogen-bond acceptors (Lipinski definition) is 7. The van der Waals surface area contributed by atoms with Gasteiger partial charge in [-0.2, -0.15) is 0 Å². The second kappa shape index (κ2) is 11.5. The monoisotopic (exact) mass is 566 g/mol. The van der Waals surface area contributed by atoms with E-state index in [1.54, 1.807) is 0 Å². The van der Waals surface area contributed by atoms with E-state index in [9.17, 15) is 43.8 Å². The fraction of sp³-hybridized carbons (Fsp3) is 0. The van der Waals surface area contributed by atoms with Crippen LogP contribution in [0.5, 0.6) is 0 Å². The summed E-state index contributed by atoms with van der Waals surface area (Å²) in [7, 11) is 0. The van der Waals surface area contributed by atoms with E-state index in [-0.39, 0.29) is 33.4 Å². The van der Waals surface area contributed by atoms with Crippen molar-refractivity contribution in [3.63, 3.8) is 0 Å². The summed E-state index contributed by atoms with van der Waals surface area (Å²) in [4.78, 5) is 84.0. The number of rotatable bonds is 10. The van der Waals surface area contributed by atoms with Crippen molar-refractivity contribution in [3.05, 3.63) is 141 Å². The highest BCUT2D eigenvalue weighted by Gasteiger charge is 2.21. The number of aromatic carboxylic acids is 4. The van der Waals surface area contributed by atoms with Crippen LogP contribution in [-0.2, 0) is 0 Å². The summed E-state index contributed by atoms with van der Waals surface area (Å²) in [5.41, 5.74) is -1.45. The summed E-state index contributed by atoms with van der Waals surface area (Å²) in [6, 6.07) is 17.4. The van der Waals surface area contributed by atoms with Crippen molar-refractivity contribution in [1.82, 2.24) is 0 Å². The molecule has 4 aromatic carbocycles. The van der Waals surface area contributed by atoms with Gasteiger partial charge in [-0.25, -0.2) is 19.2 Å². The molecule has 208 valence electrons. The number of carbonyl (C=O) groups excluding carboxylic acids is 3. The van der Waals surface area contributed by atoms with Crippen LogP contribution in [0.1, 0.15) is 89.2 Å². The maximum atomic E-state index is 13.0. The van der Waals surface area contributed by atoms with Crippen molar-refractivity contribution in [1.29, 1.82) is 0 Å². The third-order valence-electron chi connectivity index (χ3n) is 6.30. The smallest absolute Gasteiger partial charge is 0.336 e. The maximum absolute atomic E-state index is 13.0. The standard InChI is InChI=1S/C31H18O11/c32-25(15-1-5-17(6-2-15)26(33)19-9-11-21(28(35)36)23(13-19)30(39)40)16-3-7-18(8-4-16)27(34)20-10-12-22(29(37)38)24(14-20)31(41)42/h1-14H,(H,35,36)(H,37,38)(H,39,40)(H,41,42). The molecule has 0 amide bonds. The van der Waals surface area contributed by atoms with Crippen LogP contribution in [0.15, 0.2) is 84.9 Å². The van der Waals surface area contributed by atoms with Crippen LogP contribution in [0.25, 0.3) is 0 Å². The minimum absolute atomic E-state index is 0.0511. The highest BCUT2D eigenvalue weighted by atomic mass is 16.4. The van der Waals surface area contributed by atoms with Crippen molar-refractivity contribution in [2.24, 2.45) is 0 Å². The molecule has 0 radical (unpaired) electrons. The first-order valence-electron chi connectivity index (χ1n) is 11.9. The molecule has 0 saturated heterocycles. The number of hydrogen-bond donors (Lipinski definition) is 4. The summed E-state index contributed by atoms with van der Waals surface area (Å²) in [5, 5.41) is 36.9. The van der Waals surface area contributed by atoms with E-state index >= 15 is 0 Å². The van der Waals surface area contributed by atoms with Crippen LogP contribution >= 0.6 is 0 Å². The zero-order valence-electron chi connectivity index (χ0n) is 21.2. The van der Waals surface area contributed by atoms with Gasteiger partial charge in [0.1, 0.15) is 0 Å². The Morgan fingerprint density at radius 1 is 0.310 bits per heavy atom. The van der Waals surface area contributed by atoms with Crippen LogP contribution in [0, 0.1) is 0 Å². The predicted molar refractivity (Wildman–Crippen MR) is 144 cm³/mol. The molecule has 42 heavy (non-hydrogen) atoms. The molecule has 0 aliphatic rings. The van der Waals surface area contributed by atoms with Crippen LogP contribution in [-0.4, -0.2) is 61.7 Å². The first-order chi connectivity index (χ1) is 19.9. The van der Waals surface area contributed by atoms with Crippen LogP contribution in [0.2, 0.25) is 0 Å². The van der Waals surface area contributed by atoms with Gasteiger partial charge in [0.15, 0.2) is 17.3 Å². The molecule has 0 unspecified atom stereocenters. The second-order valence-electron chi connectivity index (χ2n) is 8.88. The largest absolute Gasteiger partial charge is 0.478 e. The average molecular weight is 566 g/mol. The molecular formula is C31H18O11. The van der Waals surface area contributed by atoms with E-state index in [4.69, 9.17) is 10.2 Å². The molecule has 0 saturated carbocycles. The van der Waals surface area contributed by atoms with Gasteiger partial charge < -0.3 is 20.4 Å². The van der Waals surface area contributed by atoms with Crippen molar-refractivity contribution >= 4 is 41.2 Å². The van der Waals surface area contributed by atoms with Gasteiger partial charge >= 0.3 is 23.9 Å². The Hall–Kier alpha value is -6.23. The average Bonchev–Trinajstić information content (AvgIpc) is 2.99. The summed E-state index contributed by atoms with van der Waals surface area (Å²) >= 11 is 0. The number of carbonyl (C=O) groups is 7. The van der Waals surface area contributed by atoms with Crippen molar-refractivity contribution in [2.45, 2.75) is 0 Å². The normalized spacial score (nSPS) is 10.5. The Labute approximate surface area is 235 Å². The van der Waals surface area contributed by atoms with Gasteiger partial charge in [-0.05, 0) is 24.3 Å². The molecular weight excluding hydrogens is 548 g/mol. The van der Waals surface area contributed by atoms with E-state index < -0.39 is 63.5 Å². The molecule has 11 heteroatoms. The van der Waals surface area contributed by atoms with Gasteiger partial charge in [-0.3, -0.25) is 14.4 Å². The zero-order valence-corrected chi connectivity index (χ0v) is 21.2. The van der Waals surface area contributed by atoms with E-state index in [1.165, 1.54) is 60.7 Å². The molecule has 11 nitrogen and oxygen atoms in total. The summed E-state index contributed by atoms with van der Waals surface area (Å²) in [6.45, 7) is 0. The molecule has 0 heterocycles. The van der Waals surface area contributed by atoms with E-state index in [2.05, 4.69) is 0 Å². The lowest BCUT2D eigenvalue weighted by molar-refractivity contribution is 0.0651. The number of benzene rings is 4. The molecule has 0 aliphatic heterocycles. The Bertz CT molecular complexity index is 1680. The lowest BCUT2D eigenvalue weighted by atomic mass is 9.95. The maximum Gasteiger partial charge on any atom is 0.336 e. The minimum atomic E-state index is -1.50. The van der Waals surface area contributed by atoms with Crippen LogP contribution in [0.3, 0.4) is 0 Å². The Morgan fingerprint density at radius 2 is 0.524 bits per heavy atom. The molecule has 4 N–H and O–H groups in total. The molecule has 0 atom stereocenters. The molecule has 4 rings (SSSR count). The van der Waals surface area contributed by atoms with Gasteiger partial charge in [-0.15, -0.1) is 0 Å². The minimum Gasteiger partial charge on any atom is -0.478 e. The fourth-order valence-electron chi connectivity index (χ4n) is 4.14. The third kappa shape index (κ3) is 5.70. The van der Waals surface area contributed by atoms with Gasteiger partial charge in [0, 0.05) is 33.4 Å². The molecule has 4 aromatic rings. The van der Waals surface area contributed by atoms with E-state index in [0.29, 0.717) is 0 Å². The summed E-state index contributed by atoms with van der Waals surface area (Å²) in [5.74, 6) is -7.51. The second-order valence-corrected chi connectivity index (χ2v) is 8.88. The molecule has 0 spiro atoms. The summed E-state index contributed by atoms with van der Waals surface area (Å²) in [6.07, 6.45) is 0. The Kier molecular flexibility index (Phi) is 7.86. The topological polar surface area (TPSA) is 200 Å². The van der Waals surface area contributed by atoms with Crippen molar-refractivity contribution in [3.8, 4) is 0 Å². The Morgan fingerprint density at radius 3 is 0.762 bits per heavy atom. The van der Waals surface area contributed by atoms with E-state index in [1.807, 2.05) is 0 Å². The highest BCUT2D eigenvalue weighted by molar-refractivity contribution is 6.14. The third-order valence-corrected chi connectivity index (χ3v) is 6.30. The van der Waals surface area contributed by atoms with Crippen LogP contribution < -0.4 is 0 Å². The van der Waals surface area contributed by atoms with Gasteiger partial charge in [0.25, 0.3) is 0 Å². The molecule has 0 bridgehead atoms. The predicted octanol–water partition coefficient (Wildman–Crippen LogP) is 4.17. The lowest BCUT2D eigenvalue weighted by Crippen LogP contribution is -2.11. The zero-order chi connectivity index (χ0) is 30.7. The van der Waals surface area contributed by atoms with Gasteiger partial charge in [-0.1, -0.05) is 60.7 Å². The van der Waals surface area contributed by atoms with Crippen molar-refractivity contribution < 1.29 is 54.0 Å². The number of carboxylic acid groups (broad SMARTS) is 4. The fourth-order valence-corrected chi connectivity index (χ4v) is 4.14. The highest BCUT2D eigenvalue weighted by Crippen LogP contribution is 2.20. The molecule has 0 aromatic heterocycles. The van der Waals surface area contributed by atoms with Gasteiger partial charge in [0.05, 0.1) is 22.3 Å². The quantitative estimate of drug-likeness (QED) is 0.201. The van der Waals surface area contributed by atoms with Crippen molar-refractivity contribution in [2.75, 3.05) is 0 Å². The molecule has 0 aliphatic carbocycles. The van der Waals surface area contributed by atoms with E-state index in [0.717, 1.165) is 24.3 Å². The van der Waals surface area contributed by atoms with Gasteiger partial charge in [0.2, 0.25) is 0 Å². The number of carboxylic acids is 4. The SMILES string of the molecule is O=C(c1ccc(C(=O)c2ccc(C(=O)O)c(C(=O)O)c2)cc1)c1ccc(C(=O)c2ccc(C(=O)O)c(C(=O)O)c2)cc1.